The first-order valence-electron chi connectivity index (χ1n) is 6.56. The Hall–Kier alpha value is -1.90. The number of rotatable bonds is 3. The third-order valence-corrected chi connectivity index (χ3v) is 5.80. The zero-order valence-corrected chi connectivity index (χ0v) is 14.6. The van der Waals surface area contributed by atoms with Crippen LogP contribution in [-0.4, -0.2) is 17.8 Å². The highest BCUT2D eigenvalue weighted by Crippen LogP contribution is 2.20. The van der Waals surface area contributed by atoms with Crippen LogP contribution in [-0.2, 0) is 10.0 Å². The lowest BCUT2D eigenvalue weighted by Gasteiger charge is -2.09. The first-order chi connectivity index (χ1) is 10.8. The molecule has 120 valence electrons. The smallest absolute Gasteiger partial charge is 0.279 e. The molecule has 0 aliphatic carbocycles. The van der Waals surface area contributed by atoms with Crippen molar-refractivity contribution in [2.24, 2.45) is 0 Å². The molecular weight excluding hydrogens is 358 g/mol. The quantitative estimate of drug-likeness (QED) is 0.769. The SMILES string of the molecule is Cc1cn2c(=O)c(S(=O)(=O)Nc3ccc(Cl)cc3)c(C)nc2s1. The van der Waals surface area contributed by atoms with E-state index in [0.29, 0.717) is 15.7 Å². The summed E-state index contributed by atoms with van der Waals surface area (Å²) < 4.78 is 28.8. The molecule has 3 rings (SSSR count). The van der Waals surface area contributed by atoms with Gasteiger partial charge in [-0.25, -0.2) is 13.4 Å². The van der Waals surface area contributed by atoms with Crippen LogP contribution in [0.4, 0.5) is 5.69 Å². The van der Waals surface area contributed by atoms with Gasteiger partial charge in [0.05, 0.1) is 5.69 Å². The highest BCUT2D eigenvalue weighted by Gasteiger charge is 2.24. The number of nitrogens with one attached hydrogen (secondary N) is 1. The monoisotopic (exact) mass is 369 g/mol. The fraction of sp³-hybridized carbons (Fsp3) is 0.143. The molecule has 0 radical (unpaired) electrons. The number of hydrogen-bond donors (Lipinski definition) is 1. The standard InChI is InChI=1S/C14H12ClN3O3S2/c1-8-7-18-13(19)12(9(2)16-14(18)22-8)23(20,21)17-11-5-3-10(15)4-6-11/h3-7,17H,1-2H3. The van der Waals surface area contributed by atoms with E-state index in [2.05, 4.69) is 9.71 Å². The third kappa shape index (κ3) is 2.97. The molecule has 23 heavy (non-hydrogen) atoms. The van der Waals surface area contributed by atoms with Crippen LogP contribution in [0.3, 0.4) is 0 Å². The molecule has 1 N–H and O–H groups in total. The summed E-state index contributed by atoms with van der Waals surface area (Å²) in [5, 5.41) is 0.487. The van der Waals surface area contributed by atoms with Crippen molar-refractivity contribution >= 4 is 43.6 Å². The van der Waals surface area contributed by atoms with Gasteiger partial charge in [0, 0.05) is 21.8 Å². The Morgan fingerprint density at radius 3 is 2.52 bits per heavy atom. The van der Waals surface area contributed by atoms with Gasteiger partial charge in [-0.15, -0.1) is 11.3 Å². The molecule has 3 aromatic rings. The van der Waals surface area contributed by atoms with E-state index >= 15 is 0 Å². The minimum atomic E-state index is -4.05. The van der Waals surface area contributed by atoms with Crippen LogP contribution >= 0.6 is 22.9 Å². The Bertz CT molecular complexity index is 1050. The fourth-order valence-electron chi connectivity index (χ4n) is 2.17. The number of sulfonamides is 1. The van der Waals surface area contributed by atoms with Crippen LogP contribution in [0.1, 0.15) is 10.6 Å². The molecule has 1 aromatic carbocycles. The summed E-state index contributed by atoms with van der Waals surface area (Å²) in [6, 6.07) is 6.16. The van der Waals surface area contributed by atoms with Gasteiger partial charge in [0.2, 0.25) is 0 Å². The number of nitrogens with zero attached hydrogens (tertiary/aromatic N) is 2. The molecule has 0 saturated heterocycles. The number of benzene rings is 1. The van der Waals surface area contributed by atoms with Gasteiger partial charge in [-0.1, -0.05) is 11.6 Å². The Balaban J connectivity index is 2.14. The van der Waals surface area contributed by atoms with E-state index in [-0.39, 0.29) is 10.6 Å². The number of anilines is 1. The van der Waals surface area contributed by atoms with Gasteiger partial charge in [0.1, 0.15) is 0 Å². The summed E-state index contributed by atoms with van der Waals surface area (Å²) >= 11 is 7.11. The first kappa shape index (κ1) is 16.0. The molecule has 0 fully saturated rings. The summed E-state index contributed by atoms with van der Waals surface area (Å²) in [6.07, 6.45) is 1.58. The highest BCUT2D eigenvalue weighted by atomic mass is 35.5. The number of hydrogen-bond acceptors (Lipinski definition) is 5. The van der Waals surface area contributed by atoms with Gasteiger partial charge in [0.15, 0.2) is 9.86 Å². The van der Waals surface area contributed by atoms with Crippen molar-refractivity contribution < 1.29 is 8.42 Å². The van der Waals surface area contributed by atoms with Crippen LogP contribution in [0.15, 0.2) is 40.2 Å². The van der Waals surface area contributed by atoms with Gasteiger partial charge in [-0.3, -0.25) is 13.9 Å². The molecule has 6 nitrogen and oxygen atoms in total. The van der Waals surface area contributed by atoms with Crippen LogP contribution in [0.25, 0.3) is 4.96 Å². The average Bonchev–Trinajstić information content (AvgIpc) is 2.81. The summed E-state index contributed by atoms with van der Waals surface area (Å²) in [5.74, 6) is 0. The van der Waals surface area contributed by atoms with E-state index in [4.69, 9.17) is 11.6 Å². The van der Waals surface area contributed by atoms with Gasteiger partial charge in [-0.05, 0) is 38.1 Å². The van der Waals surface area contributed by atoms with Gasteiger partial charge in [0.25, 0.3) is 15.6 Å². The predicted molar refractivity (Wildman–Crippen MR) is 91.1 cm³/mol. The molecule has 0 bridgehead atoms. The first-order valence-corrected chi connectivity index (χ1v) is 9.23. The summed E-state index contributed by atoms with van der Waals surface area (Å²) in [6.45, 7) is 3.33. The van der Waals surface area contributed by atoms with Crippen molar-refractivity contribution in [1.82, 2.24) is 9.38 Å². The second-order valence-electron chi connectivity index (χ2n) is 4.94. The van der Waals surface area contributed by atoms with Gasteiger partial charge in [-0.2, -0.15) is 0 Å². The van der Waals surface area contributed by atoms with E-state index in [0.717, 1.165) is 4.88 Å². The maximum absolute atomic E-state index is 12.6. The third-order valence-electron chi connectivity index (χ3n) is 3.14. The topological polar surface area (TPSA) is 80.5 Å². The largest absolute Gasteiger partial charge is 0.279 e. The van der Waals surface area contributed by atoms with Crippen molar-refractivity contribution in [1.29, 1.82) is 0 Å². The zero-order valence-electron chi connectivity index (χ0n) is 12.2. The second kappa shape index (κ2) is 5.63. The lowest BCUT2D eigenvalue weighted by atomic mass is 10.3. The van der Waals surface area contributed by atoms with Crippen molar-refractivity contribution in [3.63, 3.8) is 0 Å². The number of halogens is 1. The molecule has 2 aromatic heterocycles. The van der Waals surface area contributed by atoms with Crippen molar-refractivity contribution in [2.45, 2.75) is 18.7 Å². The lowest BCUT2D eigenvalue weighted by molar-refractivity contribution is 0.598. The molecule has 0 aliphatic heterocycles. The molecule has 0 spiro atoms. The Morgan fingerprint density at radius 1 is 1.22 bits per heavy atom. The minimum absolute atomic E-state index is 0.165. The Morgan fingerprint density at radius 2 is 1.87 bits per heavy atom. The highest BCUT2D eigenvalue weighted by molar-refractivity contribution is 7.92. The Labute approximate surface area is 141 Å². The number of fused-ring (bicyclic) bond motifs is 1. The Kier molecular flexibility index (Phi) is 3.91. The minimum Gasteiger partial charge on any atom is -0.279 e. The van der Waals surface area contributed by atoms with Crippen molar-refractivity contribution in [3.05, 3.63) is 56.4 Å². The van der Waals surface area contributed by atoms with Crippen LogP contribution in [0, 0.1) is 13.8 Å². The second-order valence-corrected chi connectivity index (χ2v) is 8.21. The molecule has 0 amide bonds. The zero-order chi connectivity index (χ0) is 16.8. The van der Waals surface area contributed by atoms with Crippen LogP contribution in [0.5, 0.6) is 0 Å². The normalized spacial score (nSPS) is 11.8. The molecule has 0 saturated carbocycles. The molecule has 0 aliphatic rings. The molecule has 2 heterocycles. The average molecular weight is 370 g/mol. The number of thiazole rings is 1. The van der Waals surface area contributed by atoms with Crippen molar-refractivity contribution in [2.75, 3.05) is 4.72 Å². The maximum atomic E-state index is 12.6. The van der Waals surface area contributed by atoms with E-state index in [1.165, 1.54) is 34.8 Å². The van der Waals surface area contributed by atoms with Gasteiger partial charge >= 0.3 is 0 Å². The van der Waals surface area contributed by atoms with E-state index in [1.54, 1.807) is 18.3 Å². The summed E-state index contributed by atoms with van der Waals surface area (Å²) in [5.41, 5.74) is -0.128. The van der Waals surface area contributed by atoms with E-state index < -0.39 is 15.6 Å². The number of aromatic nitrogens is 2. The fourth-order valence-corrected chi connectivity index (χ4v) is 4.47. The van der Waals surface area contributed by atoms with Crippen LogP contribution < -0.4 is 10.3 Å². The lowest BCUT2D eigenvalue weighted by Crippen LogP contribution is -2.27. The predicted octanol–water partition coefficient (Wildman–Crippen LogP) is 2.83. The maximum Gasteiger partial charge on any atom is 0.279 e. The molecule has 0 unspecified atom stereocenters. The van der Waals surface area contributed by atoms with Crippen molar-refractivity contribution in [3.8, 4) is 0 Å². The summed E-state index contributed by atoms with van der Waals surface area (Å²) in [7, 11) is -4.05. The van der Waals surface area contributed by atoms with Gasteiger partial charge < -0.3 is 0 Å². The molecular formula is C14H12ClN3O3S2. The van der Waals surface area contributed by atoms with E-state index in [9.17, 15) is 13.2 Å². The summed E-state index contributed by atoms with van der Waals surface area (Å²) in [4.78, 5) is 17.7. The molecule has 0 atom stereocenters. The van der Waals surface area contributed by atoms with E-state index in [1.807, 2.05) is 6.92 Å². The number of aryl methyl sites for hydroxylation is 2. The van der Waals surface area contributed by atoms with Crippen LogP contribution in [0.2, 0.25) is 5.02 Å². The molecule has 9 heteroatoms.